The van der Waals surface area contributed by atoms with E-state index >= 15 is 0 Å². The van der Waals surface area contributed by atoms with Crippen LogP contribution in [-0.4, -0.2) is 28.2 Å². The highest BCUT2D eigenvalue weighted by atomic mass is 19.1. The Morgan fingerprint density at radius 1 is 1.53 bits per heavy atom. The van der Waals surface area contributed by atoms with Crippen molar-refractivity contribution in [2.75, 3.05) is 18.5 Å². The molecule has 1 aromatic carbocycles. The fourth-order valence-electron chi connectivity index (χ4n) is 1.60. The van der Waals surface area contributed by atoms with Gasteiger partial charge in [0.05, 0.1) is 23.2 Å². The Labute approximate surface area is 96.3 Å². The van der Waals surface area contributed by atoms with E-state index in [1.807, 2.05) is 0 Å². The number of aliphatic hydroxyl groups excluding tert-OH is 1. The van der Waals surface area contributed by atoms with Crippen LogP contribution in [0.5, 0.6) is 0 Å². The van der Waals surface area contributed by atoms with Crippen molar-refractivity contribution < 1.29 is 9.50 Å². The number of nitrogens with zero attached hydrogens (tertiary/aromatic N) is 1. The van der Waals surface area contributed by atoms with Gasteiger partial charge in [-0.3, -0.25) is 4.79 Å². The fraction of sp³-hybridized carbons (Fsp3) is 0.273. The molecule has 0 aliphatic rings. The Morgan fingerprint density at radius 3 is 3.00 bits per heavy atom. The molecular formula is C11H12FN3O2. The average Bonchev–Trinajstić information content (AvgIpc) is 2.26. The van der Waals surface area contributed by atoms with E-state index in [0.717, 1.165) is 0 Å². The molecule has 0 spiro atoms. The van der Waals surface area contributed by atoms with Gasteiger partial charge in [-0.2, -0.15) is 0 Å². The first-order valence-corrected chi connectivity index (χ1v) is 5.16. The summed E-state index contributed by atoms with van der Waals surface area (Å²) in [5, 5.41) is 11.7. The molecule has 17 heavy (non-hydrogen) atoms. The van der Waals surface area contributed by atoms with Crippen LogP contribution in [0.4, 0.5) is 10.1 Å². The molecule has 0 unspecified atom stereocenters. The second kappa shape index (κ2) is 4.50. The van der Waals surface area contributed by atoms with Crippen molar-refractivity contribution >= 4 is 16.6 Å². The lowest BCUT2D eigenvalue weighted by Gasteiger charge is -2.07. The molecule has 0 radical (unpaired) electrons. The van der Waals surface area contributed by atoms with Crippen molar-refractivity contribution in [3.05, 3.63) is 34.1 Å². The Balaban J connectivity index is 2.59. The summed E-state index contributed by atoms with van der Waals surface area (Å²) in [6, 6.07) is 2.60. The number of rotatable bonds is 3. The molecule has 1 heterocycles. The highest BCUT2D eigenvalue weighted by molar-refractivity contribution is 5.81. The van der Waals surface area contributed by atoms with Gasteiger partial charge >= 0.3 is 0 Å². The Morgan fingerprint density at radius 2 is 2.29 bits per heavy atom. The molecule has 6 heteroatoms. The predicted octanol–water partition coefficient (Wildman–Crippen LogP) is 0.775. The van der Waals surface area contributed by atoms with E-state index in [1.54, 1.807) is 6.92 Å². The van der Waals surface area contributed by atoms with E-state index in [-0.39, 0.29) is 24.4 Å². The monoisotopic (exact) mass is 237 g/mol. The Hall–Kier alpha value is -1.95. The van der Waals surface area contributed by atoms with Gasteiger partial charge in [-0.25, -0.2) is 9.37 Å². The Bertz CT molecular complexity index is 609. The molecule has 0 bridgehead atoms. The van der Waals surface area contributed by atoms with Crippen molar-refractivity contribution in [3.8, 4) is 0 Å². The SMILES string of the molecule is Cc1nc2cc(F)c(NCCO)cc2c(=O)[nH]1. The van der Waals surface area contributed by atoms with Gasteiger partial charge in [0.1, 0.15) is 11.6 Å². The molecular weight excluding hydrogens is 225 g/mol. The number of aryl methyl sites for hydroxylation is 1. The summed E-state index contributed by atoms with van der Waals surface area (Å²) in [6.07, 6.45) is 0. The topological polar surface area (TPSA) is 78.0 Å². The van der Waals surface area contributed by atoms with Crippen LogP contribution >= 0.6 is 0 Å². The van der Waals surface area contributed by atoms with E-state index < -0.39 is 5.82 Å². The molecule has 2 aromatic rings. The number of H-pyrrole nitrogens is 1. The quantitative estimate of drug-likeness (QED) is 0.737. The van der Waals surface area contributed by atoms with Crippen molar-refractivity contribution in [1.82, 2.24) is 9.97 Å². The summed E-state index contributed by atoms with van der Waals surface area (Å²) < 4.78 is 13.6. The van der Waals surface area contributed by atoms with Crippen LogP contribution in [0.1, 0.15) is 5.82 Å². The summed E-state index contributed by atoms with van der Waals surface area (Å²) in [6.45, 7) is 1.75. The molecule has 0 fully saturated rings. The van der Waals surface area contributed by atoms with Gasteiger partial charge in [0.25, 0.3) is 5.56 Å². The summed E-state index contributed by atoms with van der Waals surface area (Å²) in [5.41, 5.74) is 0.195. The molecule has 0 amide bonds. The lowest BCUT2D eigenvalue weighted by atomic mass is 10.2. The second-order valence-electron chi connectivity index (χ2n) is 3.65. The van der Waals surface area contributed by atoms with Crippen LogP contribution in [0.25, 0.3) is 10.9 Å². The molecule has 0 saturated heterocycles. The minimum absolute atomic E-state index is 0.111. The van der Waals surface area contributed by atoms with Crippen LogP contribution in [-0.2, 0) is 0 Å². The van der Waals surface area contributed by atoms with Crippen LogP contribution in [0.15, 0.2) is 16.9 Å². The predicted molar refractivity (Wildman–Crippen MR) is 62.6 cm³/mol. The first-order valence-electron chi connectivity index (χ1n) is 5.16. The summed E-state index contributed by atoms with van der Waals surface area (Å²) in [7, 11) is 0. The van der Waals surface area contributed by atoms with E-state index in [1.165, 1.54) is 12.1 Å². The number of halogens is 1. The molecule has 0 saturated carbocycles. The average molecular weight is 237 g/mol. The number of hydrogen-bond acceptors (Lipinski definition) is 4. The minimum Gasteiger partial charge on any atom is -0.395 e. The number of hydrogen-bond donors (Lipinski definition) is 3. The largest absolute Gasteiger partial charge is 0.395 e. The lowest BCUT2D eigenvalue weighted by Crippen LogP contribution is -2.12. The number of aromatic nitrogens is 2. The summed E-state index contributed by atoms with van der Waals surface area (Å²) in [5.74, 6) is -0.0542. The molecule has 2 rings (SSSR count). The zero-order chi connectivity index (χ0) is 12.4. The number of benzene rings is 1. The maximum absolute atomic E-state index is 13.6. The molecule has 0 aliphatic carbocycles. The smallest absolute Gasteiger partial charge is 0.258 e. The van der Waals surface area contributed by atoms with Gasteiger partial charge in [-0.15, -0.1) is 0 Å². The first kappa shape index (κ1) is 11.5. The molecule has 5 nitrogen and oxygen atoms in total. The third kappa shape index (κ3) is 2.26. The lowest BCUT2D eigenvalue weighted by molar-refractivity contribution is 0.311. The van der Waals surface area contributed by atoms with E-state index in [4.69, 9.17) is 5.11 Å². The molecule has 3 N–H and O–H groups in total. The summed E-state index contributed by atoms with van der Waals surface area (Å²) >= 11 is 0. The third-order valence-corrected chi connectivity index (χ3v) is 2.34. The second-order valence-corrected chi connectivity index (χ2v) is 3.65. The highest BCUT2D eigenvalue weighted by Gasteiger charge is 2.08. The number of aromatic amines is 1. The van der Waals surface area contributed by atoms with Gasteiger partial charge in [-0.05, 0) is 13.0 Å². The number of aliphatic hydroxyl groups is 1. The summed E-state index contributed by atoms with van der Waals surface area (Å²) in [4.78, 5) is 18.2. The molecule has 90 valence electrons. The highest BCUT2D eigenvalue weighted by Crippen LogP contribution is 2.19. The van der Waals surface area contributed by atoms with Gasteiger partial charge < -0.3 is 15.4 Å². The minimum atomic E-state index is -0.497. The maximum atomic E-state index is 13.6. The van der Waals surface area contributed by atoms with Gasteiger partial charge in [0.15, 0.2) is 0 Å². The van der Waals surface area contributed by atoms with Crippen LogP contribution in [0.3, 0.4) is 0 Å². The van der Waals surface area contributed by atoms with Gasteiger partial charge in [-0.1, -0.05) is 0 Å². The van der Waals surface area contributed by atoms with Crippen LogP contribution in [0.2, 0.25) is 0 Å². The molecule has 0 atom stereocenters. The van der Waals surface area contributed by atoms with E-state index in [0.29, 0.717) is 16.7 Å². The van der Waals surface area contributed by atoms with Gasteiger partial charge in [0.2, 0.25) is 0 Å². The molecule has 0 aliphatic heterocycles. The first-order chi connectivity index (χ1) is 8.11. The zero-order valence-corrected chi connectivity index (χ0v) is 9.25. The van der Waals surface area contributed by atoms with Crippen molar-refractivity contribution in [3.63, 3.8) is 0 Å². The van der Waals surface area contributed by atoms with E-state index in [2.05, 4.69) is 15.3 Å². The standard InChI is InChI=1S/C11H12FN3O2/c1-6-14-9-5-8(12)10(13-2-3-16)4-7(9)11(17)15-6/h4-5,13,16H,2-3H2,1H3,(H,14,15,17). The van der Waals surface area contributed by atoms with Crippen molar-refractivity contribution in [1.29, 1.82) is 0 Å². The fourth-order valence-corrected chi connectivity index (χ4v) is 1.60. The van der Waals surface area contributed by atoms with Gasteiger partial charge in [0, 0.05) is 12.6 Å². The Kier molecular flexibility index (Phi) is 3.06. The molecule has 1 aromatic heterocycles. The third-order valence-electron chi connectivity index (χ3n) is 2.34. The zero-order valence-electron chi connectivity index (χ0n) is 9.25. The van der Waals surface area contributed by atoms with Crippen molar-refractivity contribution in [2.45, 2.75) is 6.92 Å². The van der Waals surface area contributed by atoms with Crippen molar-refractivity contribution in [2.24, 2.45) is 0 Å². The number of anilines is 1. The number of nitrogens with one attached hydrogen (secondary N) is 2. The normalized spacial score (nSPS) is 10.8. The van der Waals surface area contributed by atoms with E-state index in [9.17, 15) is 9.18 Å². The number of fused-ring (bicyclic) bond motifs is 1. The van der Waals surface area contributed by atoms with Crippen LogP contribution < -0.4 is 10.9 Å². The maximum Gasteiger partial charge on any atom is 0.258 e. The van der Waals surface area contributed by atoms with Crippen LogP contribution in [0, 0.1) is 12.7 Å².